The highest BCUT2D eigenvalue weighted by atomic mass is 35.5. The highest BCUT2D eigenvalue weighted by molar-refractivity contribution is 7.16. The van der Waals surface area contributed by atoms with E-state index in [2.05, 4.69) is 5.32 Å². The van der Waals surface area contributed by atoms with Gasteiger partial charge in [-0.2, -0.15) is 0 Å². The van der Waals surface area contributed by atoms with Gasteiger partial charge in [0.05, 0.1) is 20.6 Å². The molecule has 1 aliphatic heterocycles. The second kappa shape index (κ2) is 9.03. The van der Waals surface area contributed by atoms with E-state index in [4.69, 9.17) is 23.2 Å². The third-order valence-corrected chi connectivity index (χ3v) is 7.26. The zero-order chi connectivity index (χ0) is 22.1. The Morgan fingerprint density at radius 3 is 2.61 bits per heavy atom. The molecular weight excluding hydrogens is 451 g/mol. The van der Waals surface area contributed by atoms with Crippen LogP contribution >= 0.6 is 34.5 Å². The van der Waals surface area contributed by atoms with Crippen molar-refractivity contribution in [3.05, 3.63) is 79.0 Å². The molecule has 31 heavy (non-hydrogen) atoms. The van der Waals surface area contributed by atoms with Crippen LogP contribution in [0.5, 0.6) is 0 Å². The summed E-state index contributed by atoms with van der Waals surface area (Å²) in [7, 11) is 0. The third-order valence-electron chi connectivity index (χ3n) is 5.63. The van der Waals surface area contributed by atoms with Gasteiger partial charge in [-0.15, -0.1) is 11.3 Å². The third kappa shape index (κ3) is 4.49. The first-order valence-electron chi connectivity index (χ1n) is 10.1. The number of benzene rings is 2. The van der Waals surface area contributed by atoms with E-state index in [0.29, 0.717) is 32.7 Å². The number of nitrogens with zero attached hydrogens (tertiary/aromatic N) is 1. The minimum absolute atomic E-state index is 0.157. The molecule has 1 N–H and O–H groups in total. The summed E-state index contributed by atoms with van der Waals surface area (Å²) in [5.41, 5.74) is 4.43. The van der Waals surface area contributed by atoms with Gasteiger partial charge in [0.25, 0.3) is 11.8 Å². The molecule has 0 fully saturated rings. The zero-order valence-electron chi connectivity index (χ0n) is 17.3. The average Bonchev–Trinajstić information content (AvgIpc) is 2.98. The van der Waals surface area contributed by atoms with E-state index in [1.165, 1.54) is 11.3 Å². The number of thiophene rings is 1. The number of nitrogens with one attached hydrogen (secondary N) is 1. The van der Waals surface area contributed by atoms with Crippen molar-refractivity contribution in [2.75, 3.05) is 16.8 Å². The Morgan fingerprint density at radius 1 is 1.03 bits per heavy atom. The number of carbonyl (C=O) groups is 2. The molecule has 2 aromatic carbocycles. The van der Waals surface area contributed by atoms with E-state index in [0.717, 1.165) is 41.0 Å². The fourth-order valence-corrected chi connectivity index (χ4v) is 5.36. The molecule has 0 saturated carbocycles. The maximum Gasteiger partial charge on any atom is 0.259 e. The minimum atomic E-state index is -0.207. The Kier molecular flexibility index (Phi) is 6.37. The molecule has 3 aromatic rings. The molecule has 7 heteroatoms. The number of rotatable bonds is 3. The normalized spacial score (nSPS) is 13.5. The lowest BCUT2D eigenvalue weighted by molar-refractivity contribution is 0.0986. The lowest BCUT2D eigenvalue weighted by atomic mass is 10.0. The van der Waals surface area contributed by atoms with Gasteiger partial charge >= 0.3 is 0 Å². The fraction of sp³-hybridized carbons (Fsp3) is 0.250. The fourth-order valence-electron chi connectivity index (χ4n) is 3.79. The van der Waals surface area contributed by atoms with E-state index in [1.54, 1.807) is 29.2 Å². The van der Waals surface area contributed by atoms with Crippen LogP contribution in [-0.4, -0.2) is 18.4 Å². The van der Waals surface area contributed by atoms with Crippen molar-refractivity contribution in [2.45, 2.75) is 33.1 Å². The molecule has 1 aliphatic rings. The standard InChI is InChI=1S/C24H22Cl2N2O2S/c1-14-6-5-7-17(15(14)2)23(29)27-16-9-10-18(19(25)12-16)24(30)28-11-4-3-8-21-20(28)13-22(26)31-21/h5-7,9-10,12-13H,3-4,8,11H2,1-2H3,(H,27,29). The van der Waals surface area contributed by atoms with E-state index in [1.807, 2.05) is 32.0 Å². The van der Waals surface area contributed by atoms with Gasteiger partial charge in [0.15, 0.2) is 0 Å². The molecule has 2 heterocycles. The van der Waals surface area contributed by atoms with Gasteiger partial charge in [0, 0.05) is 22.7 Å². The predicted molar refractivity (Wildman–Crippen MR) is 129 cm³/mol. The van der Waals surface area contributed by atoms with Gasteiger partial charge < -0.3 is 10.2 Å². The summed E-state index contributed by atoms with van der Waals surface area (Å²) in [6.07, 6.45) is 2.87. The van der Waals surface area contributed by atoms with Crippen LogP contribution in [0.25, 0.3) is 0 Å². The first kappa shape index (κ1) is 21.9. The van der Waals surface area contributed by atoms with Crippen LogP contribution in [0.3, 0.4) is 0 Å². The van der Waals surface area contributed by atoms with Crippen molar-refractivity contribution >= 4 is 57.7 Å². The van der Waals surface area contributed by atoms with Crippen LogP contribution in [0.15, 0.2) is 42.5 Å². The van der Waals surface area contributed by atoms with E-state index < -0.39 is 0 Å². The predicted octanol–water partition coefficient (Wildman–Crippen LogP) is 6.91. The van der Waals surface area contributed by atoms with Crippen LogP contribution in [0.4, 0.5) is 11.4 Å². The molecule has 1 aromatic heterocycles. The molecule has 0 radical (unpaired) electrons. The van der Waals surface area contributed by atoms with Crippen LogP contribution in [-0.2, 0) is 6.42 Å². The van der Waals surface area contributed by atoms with Gasteiger partial charge in [-0.1, -0.05) is 35.3 Å². The van der Waals surface area contributed by atoms with Crippen LogP contribution in [0.1, 0.15) is 49.6 Å². The first-order chi connectivity index (χ1) is 14.8. The Morgan fingerprint density at radius 2 is 1.84 bits per heavy atom. The highest BCUT2D eigenvalue weighted by Gasteiger charge is 2.26. The number of amides is 2. The lowest BCUT2D eigenvalue weighted by Crippen LogP contribution is -2.31. The zero-order valence-corrected chi connectivity index (χ0v) is 19.6. The molecule has 0 atom stereocenters. The van der Waals surface area contributed by atoms with Crippen LogP contribution < -0.4 is 10.2 Å². The second-order valence-corrected chi connectivity index (χ2v) is 9.84. The lowest BCUT2D eigenvalue weighted by Gasteiger charge is -2.22. The van der Waals surface area contributed by atoms with Crippen LogP contribution in [0, 0.1) is 13.8 Å². The summed E-state index contributed by atoms with van der Waals surface area (Å²) in [4.78, 5) is 28.9. The summed E-state index contributed by atoms with van der Waals surface area (Å²) in [6, 6.07) is 12.5. The Labute approximate surface area is 195 Å². The van der Waals surface area contributed by atoms with Crippen molar-refractivity contribution in [3.63, 3.8) is 0 Å². The number of halogens is 2. The first-order valence-corrected chi connectivity index (χ1v) is 11.7. The Hall–Kier alpha value is -2.34. The van der Waals surface area contributed by atoms with Gasteiger partial charge in [-0.25, -0.2) is 0 Å². The van der Waals surface area contributed by atoms with Gasteiger partial charge in [0.2, 0.25) is 0 Å². The topological polar surface area (TPSA) is 49.4 Å². The van der Waals surface area contributed by atoms with E-state index in [9.17, 15) is 9.59 Å². The van der Waals surface area contributed by atoms with Crippen molar-refractivity contribution in [1.82, 2.24) is 0 Å². The van der Waals surface area contributed by atoms with Crippen molar-refractivity contribution < 1.29 is 9.59 Å². The molecular formula is C24H22Cl2N2O2S. The quantitative estimate of drug-likeness (QED) is 0.450. The molecule has 0 spiro atoms. The van der Waals surface area contributed by atoms with Gasteiger partial charge in [-0.3, -0.25) is 9.59 Å². The molecule has 0 aliphatic carbocycles. The number of anilines is 2. The highest BCUT2D eigenvalue weighted by Crippen LogP contribution is 2.38. The molecule has 2 amide bonds. The molecule has 160 valence electrons. The maximum absolute atomic E-state index is 13.3. The monoisotopic (exact) mass is 472 g/mol. The molecule has 4 rings (SSSR count). The summed E-state index contributed by atoms with van der Waals surface area (Å²) in [6.45, 7) is 4.52. The molecule has 0 unspecified atom stereocenters. The van der Waals surface area contributed by atoms with Crippen molar-refractivity contribution in [3.8, 4) is 0 Å². The Bertz CT molecular complexity index is 1170. The molecule has 0 saturated heterocycles. The number of hydrogen-bond acceptors (Lipinski definition) is 3. The van der Waals surface area contributed by atoms with E-state index >= 15 is 0 Å². The number of aryl methyl sites for hydroxylation is 2. The summed E-state index contributed by atoms with van der Waals surface area (Å²) >= 11 is 14.2. The number of fused-ring (bicyclic) bond motifs is 1. The van der Waals surface area contributed by atoms with Gasteiger partial charge in [0.1, 0.15) is 0 Å². The Balaban J connectivity index is 1.57. The van der Waals surface area contributed by atoms with Crippen molar-refractivity contribution in [1.29, 1.82) is 0 Å². The second-order valence-electron chi connectivity index (χ2n) is 7.67. The SMILES string of the molecule is Cc1cccc(C(=O)Nc2ccc(C(=O)N3CCCCc4sc(Cl)cc43)c(Cl)c2)c1C. The smallest absolute Gasteiger partial charge is 0.259 e. The molecule has 0 bridgehead atoms. The summed E-state index contributed by atoms with van der Waals surface area (Å²) in [5.74, 6) is -0.364. The maximum atomic E-state index is 13.3. The molecule has 4 nitrogen and oxygen atoms in total. The van der Waals surface area contributed by atoms with Crippen LogP contribution in [0.2, 0.25) is 9.36 Å². The van der Waals surface area contributed by atoms with E-state index in [-0.39, 0.29) is 11.8 Å². The van der Waals surface area contributed by atoms with Gasteiger partial charge in [-0.05, 0) is 74.6 Å². The summed E-state index contributed by atoms with van der Waals surface area (Å²) < 4.78 is 0.681. The number of hydrogen-bond donors (Lipinski definition) is 1. The largest absolute Gasteiger partial charge is 0.322 e. The average molecular weight is 473 g/mol. The minimum Gasteiger partial charge on any atom is -0.322 e. The van der Waals surface area contributed by atoms with Crippen molar-refractivity contribution in [2.24, 2.45) is 0 Å². The summed E-state index contributed by atoms with van der Waals surface area (Å²) in [5, 5.41) is 3.18. The number of carbonyl (C=O) groups excluding carboxylic acids is 2.